The third-order valence-electron chi connectivity index (χ3n) is 5.56. The first-order valence-electron chi connectivity index (χ1n) is 10.8. The van der Waals surface area contributed by atoms with Gasteiger partial charge in [0.1, 0.15) is 11.5 Å². The molecule has 2 aromatic carbocycles. The fourth-order valence-electron chi connectivity index (χ4n) is 4.07. The Morgan fingerprint density at radius 3 is 2.42 bits per heavy atom. The van der Waals surface area contributed by atoms with E-state index in [1.54, 1.807) is 25.1 Å². The number of nitrogens with two attached hydrogens (primary N) is 1. The number of carbonyl (C=O) groups is 1. The first-order chi connectivity index (χ1) is 15.6. The summed E-state index contributed by atoms with van der Waals surface area (Å²) in [5.74, 6) is -0.809. The van der Waals surface area contributed by atoms with Crippen molar-refractivity contribution in [3.05, 3.63) is 71.0 Å². The molecule has 0 saturated heterocycles. The Bertz CT molecular complexity index is 1120. The number of aryl methyl sites for hydroxylation is 1. The molecular weight excluding hydrogens is 433 g/mol. The molecule has 0 radical (unpaired) electrons. The van der Waals surface area contributed by atoms with Crippen LogP contribution in [0.15, 0.2) is 48.5 Å². The maximum absolute atomic E-state index is 12.8. The minimum Gasteiger partial charge on any atom is -0.508 e. The summed E-state index contributed by atoms with van der Waals surface area (Å²) in [6.07, 6.45) is -1.79. The van der Waals surface area contributed by atoms with Gasteiger partial charge in [-0.15, -0.1) is 13.2 Å². The van der Waals surface area contributed by atoms with Gasteiger partial charge in [0.15, 0.2) is 0 Å². The summed E-state index contributed by atoms with van der Waals surface area (Å²) in [4.78, 5) is 12.5. The third kappa shape index (κ3) is 5.88. The summed E-state index contributed by atoms with van der Waals surface area (Å²) >= 11 is 0. The topological polar surface area (TPSA) is 77.5 Å². The number of aromatic nitrogens is 1. The number of benzene rings is 2. The van der Waals surface area contributed by atoms with Gasteiger partial charge < -0.3 is 20.1 Å². The van der Waals surface area contributed by atoms with Crippen LogP contribution in [0.3, 0.4) is 0 Å². The summed E-state index contributed by atoms with van der Waals surface area (Å²) in [7, 11) is 0. The quantitative estimate of drug-likeness (QED) is 0.427. The Kier molecular flexibility index (Phi) is 7.36. The van der Waals surface area contributed by atoms with E-state index in [-0.39, 0.29) is 11.5 Å². The van der Waals surface area contributed by atoms with Gasteiger partial charge >= 0.3 is 6.36 Å². The van der Waals surface area contributed by atoms with Crippen molar-refractivity contribution in [1.29, 1.82) is 0 Å². The standard InChI is InChI=1S/C25H27F3N2O3/c1-3-4-8-21-23(18-6-5-7-20(15-18)33-25(26,27)28)22(24(29)32)16(2)30(21)14-13-17-9-11-19(31)12-10-17/h5-7,9-12,15,31H,3-4,8,13-14H2,1-2H3,(H2,29,32). The van der Waals surface area contributed by atoms with Gasteiger partial charge in [-0.05, 0) is 61.6 Å². The highest BCUT2D eigenvalue weighted by Crippen LogP contribution is 2.36. The van der Waals surface area contributed by atoms with E-state index in [1.165, 1.54) is 18.2 Å². The van der Waals surface area contributed by atoms with Crippen molar-refractivity contribution in [2.24, 2.45) is 5.73 Å². The number of alkyl halides is 3. The van der Waals surface area contributed by atoms with Gasteiger partial charge in [-0.25, -0.2) is 0 Å². The van der Waals surface area contributed by atoms with Crippen LogP contribution < -0.4 is 10.5 Å². The molecule has 33 heavy (non-hydrogen) atoms. The molecule has 1 aromatic heterocycles. The number of phenols is 1. The fraction of sp³-hybridized carbons (Fsp3) is 0.320. The van der Waals surface area contributed by atoms with Gasteiger partial charge in [-0.1, -0.05) is 37.6 Å². The van der Waals surface area contributed by atoms with E-state index in [1.807, 2.05) is 23.6 Å². The number of rotatable bonds is 9. The van der Waals surface area contributed by atoms with E-state index in [2.05, 4.69) is 4.74 Å². The molecule has 8 heteroatoms. The van der Waals surface area contributed by atoms with Crippen molar-refractivity contribution in [2.75, 3.05) is 0 Å². The van der Waals surface area contributed by atoms with Crippen LogP contribution in [0.4, 0.5) is 13.2 Å². The van der Waals surface area contributed by atoms with E-state index in [4.69, 9.17) is 5.73 Å². The molecule has 1 heterocycles. The minimum atomic E-state index is -4.82. The zero-order valence-electron chi connectivity index (χ0n) is 18.6. The lowest BCUT2D eigenvalue weighted by molar-refractivity contribution is -0.274. The highest BCUT2D eigenvalue weighted by molar-refractivity contribution is 6.02. The predicted octanol–water partition coefficient (Wildman–Crippen LogP) is 5.75. The molecule has 0 unspecified atom stereocenters. The molecule has 0 fully saturated rings. The molecule has 0 saturated carbocycles. The molecule has 0 aliphatic rings. The number of carbonyl (C=O) groups excluding carboxylic acids is 1. The second-order valence-electron chi connectivity index (χ2n) is 7.89. The molecule has 0 atom stereocenters. The summed E-state index contributed by atoms with van der Waals surface area (Å²) in [5, 5.41) is 9.51. The number of phenolic OH excluding ortho intramolecular Hbond substituents is 1. The van der Waals surface area contributed by atoms with Crippen molar-refractivity contribution in [3.63, 3.8) is 0 Å². The first kappa shape index (κ1) is 24.2. The van der Waals surface area contributed by atoms with Crippen LogP contribution in [0.25, 0.3) is 11.1 Å². The SMILES string of the molecule is CCCCc1c(-c2cccc(OC(F)(F)F)c2)c(C(N)=O)c(C)n1CCc1ccc(O)cc1. The van der Waals surface area contributed by atoms with E-state index in [0.717, 1.165) is 24.1 Å². The Morgan fingerprint density at radius 1 is 1.12 bits per heavy atom. The van der Waals surface area contributed by atoms with Gasteiger partial charge in [0.2, 0.25) is 0 Å². The van der Waals surface area contributed by atoms with Crippen LogP contribution in [0.2, 0.25) is 0 Å². The van der Waals surface area contributed by atoms with Crippen molar-refractivity contribution in [1.82, 2.24) is 4.57 Å². The number of hydrogen-bond acceptors (Lipinski definition) is 3. The summed E-state index contributed by atoms with van der Waals surface area (Å²) < 4.78 is 44.4. The Labute approximate surface area is 190 Å². The van der Waals surface area contributed by atoms with Crippen LogP contribution >= 0.6 is 0 Å². The molecule has 0 bridgehead atoms. The largest absolute Gasteiger partial charge is 0.573 e. The normalized spacial score (nSPS) is 11.5. The van der Waals surface area contributed by atoms with Crippen molar-refractivity contribution in [3.8, 4) is 22.6 Å². The average Bonchev–Trinajstić information content (AvgIpc) is 3.02. The summed E-state index contributed by atoms with van der Waals surface area (Å²) in [6, 6.07) is 12.5. The van der Waals surface area contributed by atoms with Gasteiger partial charge in [-0.2, -0.15) is 0 Å². The number of primary amides is 1. The van der Waals surface area contributed by atoms with Gasteiger partial charge in [0.05, 0.1) is 5.56 Å². The minimum absolute atomic E-state index is 0.179. The van der Waals surface area contributed by atoms with E-state index >= 15 is 0 Å². The second-order valence-corrected chi connectivity index (χ2v) is 7.89. The Balaban J connectivity index is 2.10. The maximum Gasteiger partial charge on any atom is 0.573 e. The van der Waals surface area contributed by atoms with Crippen molar-refractivity contribution in [2.45, 2.75) is 52.4 Å². The highest BCUT2D eigenvalue weighted by atomic mass is 19.4. The van der Waals surface area contributed by atoms with Crippen LogP contribution in [-0.2, 0) is 19.4 Å². The molecule has 5 nitrogen and oxygen atoms in total. The highest BCUT2D eigenvalue weighted by Gasteiger charge is 2.31. The number of ether oxygens (including phenoxy) is 1. The first-order valence-corrected chi connectivity index (χ1v) is 10.8. The van der Waals surface area contributed by atoms with Gasteiger partial charge in [-0.3, -0.25) is 4.79 Å². The number of unbranched alkanes of at least 4 members (excludes halogenated alkanes) is 1. The number of halogens is 3. The van der Waals surface area contributed by atoms with E-state index in [0.29, 0.717) is 41.8 Å². The number of hydrogen-bond donors (Lipinski definition) is 2. The number of nitrogens with zero attached hydrogens (tertiary/aromatic N) is 1. The maximum atomic E-state index is 12.8. The average molecular weight is 460 g/mol. The molecule has 0 aliphatic heterocycles. The molecule has 3 N–H and O–H groups in total. The predicted molar refractivity (Wildman–Crippen MR) is 120 cm³/mol. The lowest BCUT2D eigenvalue weighted by Crippen LogP contribution is -2.17. The Morgan fingerprint density at radius 2 is 1.82 bits per heavy atom. The lowest BCUT2D eigenvalue weighted by Gasteiger charge is -2.14. The van der Waals surface area contributed by atoms with Crippen LogP contribution in [-0.4, -0.2) is 21.9 Å². The zero-order valence-corrected chi connectivity index (χ0v) is 18.6. The molecule has 1 amide bonds. The van der Waals surface area contributed by atoms with Crippen LogP contribution in [0.5, 0.6) is 11.5 Å². The van der Waals surface area contributed by atoms with Gasteiger partial charge in [0.25, 0.3) is 5.91 Å². The van der Waals surface area contributed by atoms with Crippen molar-refractivity contribution >= 4 is 5.91 Å². The van der Waals surface area contributed by atoms with Crippen LogP contribution in [0, 0.1) is 6.92 Å². The molecule has 3 aromatic rings. The summed E-state index contributed by atoms with van der Waals surface area (Å²) in [6.45, 7) is 4.39. The third-order valence-corrected chi connectivity index (χ3v) is 5.56. The van der Waals surface area contributed by atoms with E-state index in [9.17, 15) is 23.1 Å². The number of aromatic hydroxyl groups is 1. The molecule has 0 spiro atoms. The van der Waals surface area contributed by atoms with E-state index < -0.39 is 12.3 Å². The molecular formula is C25H27F3N2O3. The summed E-state index contributed by atoms with van der Waals surface area (Å²) in [5.41, 5.74) is 9.56. The zero-order chi connectivity index (χ0) is 24.2. The van der Waals surface area contributed by atoms with Gasteiger partial charge in [0, 0.05) is 23.5 Å². The monoisotopic (exact) mass is 460 g/mol. The van der Waals surface area contributed by atoms with Crippen molar-refractivity contribution < 1.29 is 27.8 Å². The molecule has 3 rings (SSSR count). The fourth-order valence-corrected chi connectivity index (χ4v) is 4.07. The molecule has 0 aliphatic carbocycles. The smallest absolute Gasteiger partial charge is 0.508 e. The Hall–Kier alpha value is -3.42. The lowest BCUT2D eigenvalue weighted by atomic mass is 9.97. The van der Waals surface area contributed by atoms with Crippen LogP contribution in [0.1, 0.15) is 47.1 Å². The molecule has 176 valence electrons. The number of amides is 1. The second kappa shape index (κ2) is 10.0.